The van der Waals surface area contributed by atoms with Gasteiger partial charge in [0.25, 0.3) is 11.1 Å². The summed E-state index contributed by atoms with van der Waals surface area (Å²) < 4.78 is 51.1. The third-order valence-electron chi connectivity index (χ3n) is 10.3. The van der Waals surface area contributed by atoms with Gasteiger partial charge in [-0.25, -0.2) is 14.4 Å². The summed E-state index contributed by atoms with van der Waals surface area (Å²) in [5.41, 5.74) is 18.3. The number of hydrogen-bond donors (Lipinski definition) is 4. The SMILES string of the molecule is COc1nc(C)c2[nH]c(=O)c3sc(CF)cc3c2c1-c1ccc(C(C)CN)cc1.Cc1nc(OC(F)F)c(-c2ccc(C(C)CN)cc2)c2c1[nH]c(=O)c1sccc12. The lowest BCUT2D eigenvalue weighted by Crippen LogP contribution is -2.10. The highest BCUT2D eigenvalue weighted by molar-refractivity contribution is 7.19. The number of halogens is 3. The van der Waals surface area contributed by atoms with Gasteiger partial charge in [-0.2, -0.15) is 8.78 Å². The summed E-state index contributed by atoms with van der Waals surface area (Å²) in [6.45, 7) is 5.03. The standard InChI is InChI=1S/C22H22FN3O2S.C21H19F2N3O2S/c1-11(10-24)13-4-6-14(7-5-13)17-18-16-8-15(9-23)29-20(16)21(27)26-19(18)12(2)25-22(17)28-3;1-10(9-24)12-3-5-13(6-4-12)15-16-14-7-8-29-18(14)19(27)26-17(16)11(2)25-20(15)28-21(22)23/h4-8,11H,9-10,24H2,1-3H3,(H,26,27);3-8,10,21H,9,24H2,1-2H3,(H,26,27). The van der Waals surface area contributed by atoms with E-state index in [1.807, 2.05) is 68.4 Å². The van der Waals surface area contributed by atoms with Crippen LogP contribution in [0.1, 0.15) is 53.1 Å². The normalized spacial score (nSPS) is 12.7. The van der Waals surface area contributed by atoms with E-state index < -0.39 is 13.3 Å². The fourth-order valence-corrected chi connectivity index (χ4v) is 8.87. The van der Waals surface area contributed by atoms with E-state index in [1.54, 1.807) is 25.5 Å². The molecule has 0 spiro atoms. The molecule has 0 fully saturated rings. The summed E-state index contributed by atoms with van der Waals surface area (Å²) in [6.07, 6.45) is 0. The van der Waals surface area contributed by atoms with Crippen molar-refractivity contribution in [2.75, 3.05) is 20.2 Å². The highest BCUT2D eigenvalue weighted by atomic mass is 32.1. The third kappa shape index (κ3) is 7.46. The van der Waals surface area contributed by atoms with Gasteiger partial charge in [0, 0.05) is 26.4 Å². The molecule has 0 saturated carbocycles. The minimum atomic E-state index is -3.02. The Morgan fingerprint density at radius 3 is 1.74 bits per heavy atom. The summed E-state index contributed by atoms with van der Waals surface area (Å²) in [5.74, 6) is 0.736. The molecular formula is C43H41F3N6O4S2. The number of aromatic amines is 2. The van der Waals surface area contributed by atoms with Gasteiger partial charge in [0.15, 0.2) is 0 Å². The average molecular weight is 827 g/mol. The number of nitrogens with zero attached hydrogens (tertiary/aromatic N) is 2. The molecule has 0 amide bonds. The number of thiophene rings is 2. The molecule has 0 bridgehead atoms. The number of fused-ring (bicyclic) bond motifs is 6. The van der Waals surface area contributed by atoms with Crippen molar-refractivity contribution >= 4 is 64.7 Å². The number of aryl methyl sites for hydroxylation is 2. The maximum absolute atomic E-state index is 13.3. The van der Waals surface area contributed by atoms with Crippen LogP contribution in [0.15, 0.2) is 75.6 Å². The van der Waals surface area contributed by atoms with E-state index in [4.69, 9.17) is 20.9 Å². The Morgan fingerprint density at radius 2 is 1.24 bits per heavy atom. The molecule has 2 aromatic carbocycles. The van der Waals surface area contributed by atoms with E-state index in [1.165, 1.54) is 22.7 Å². The van der Waals surface area contributed by atoms with Crippen molar-refractivity contribution in [2.45, 2.75) is 52.8 Å². The van der Waals surface area contributed by atoms with Crippen LogP contribution in [0.25, 0.3) is 64.2 Å². The fourth-order valence-electron chi connectivity index (χ4n) is 7.17. The van der Waals surface area contributed by atoms with E-state index in [-0.39, 0.29) is 28.8 Å². The van der Waals surface area contributed by atoms with Crippen molar-refractivity contribution in [1.29, 1.82) is 0 Å². The van der Waals surface area contributed by atoms with Crippen LogP contribution in [-0.4, -0.2) is 46.7 Å². The maximum atomic E-state index is 13.3. The lowest BCUT2D eigenvalue weighted by atomic mass is 9.95. The molecule has 8 aromatic rings. The molecule has 0 aliphatic rings. The smallest absolute Gasteiger partial charge is 0.388 e. The molecule has 6 N–H and O–H groups in total. The lowest BCUT2D eigenvalue weighted by Gasteiger charge is -2.16. The number of methoxy groups -OCH3 is 1. The first-order valence-electron chi connectivity index (χ1n) is 18.5. The van der Waals surface area contributed by atoms with Gasteiger partial charge in [0.2, 0.25) is 11.8 Å². The number of rotatable bonds is 10. The zero-order chi connectivity index (χ0) is 41.4. The third-order valence-corrected chi connectivity index (χ3v) is 12.3. The Bertz CT molecular complexity index is 2910. The van der Waals surface area contributed by atoms with Crippen molar-refractivity contribution in [2.24, 2.45) is 11.5 Å². The molecule has 58 heavy (non-hydrogen) atoms. The Labute approximate surface area is 338 Å². The number of nitrogens with two attached hydrogens (primary N) is 2. The summed E-state index contributed by atoms with van der Waals surface area (Å²) in [4.78, 5) is 40.1. The molecule has 300 valence electrons. The van der Waals surface area contributed by atoms with Gasteiger partial charge in [-0.15, -0.1) is 22.7 Å². The number of hydrogen-bond acceptors (Lipinski definition) is 10. The molecule has 10 nitrogen and oxygen atoms in total. The van der Waals surface area contributed by atoms with Crippen LogP contribution in [-0.2, 0) is 6.67 Å². The largest absolute Gasteiger partial charge is 0.481 e. The average Bonchev–Trinajstić information content (AvgIpc) is 3.91. The van der Waals surface area contributed by atoms with Gasteiger partial charge in [0.05, 0.1) is 40.7 Å². The van der Waals surface area contributed by atoms with Crippen LogP contribution >= 0.6 is 22.7 Å². The Morgan fingerprint density at radius 1 is 0.741 bits per heavy atom. The number of alkyl halides is 3. The molecule has 6 heterocycles. The van der Waals surface area contributed by atoms with E-state index in [2.05, 4.69) is 26.9 Å². The molecule has 2 atom stereocenters. The second-order valence-electron chi connectivity index (χ2n) is 14.0. The fraction of sp³-hybridized carbons (Fsp3) is 0.256. The molecule has 15 heteroatoms. The zero-order valence-electron chi connectivity index (χ0n) is 32.3. The second-order valence-corrected chi connectivity index (χ2v) is 16.1. The molecule has 2 unspecified atom stereocenters. The topological polar surface area (TPSA) is 162 Å². The molecule has 8 rings (SSSR count). The van der Waals surface area contributed by atoms with Crippen molar-refractivity contribution in [1.82, 2.24) is 19.9 Å². The minimum Gasteiger partial charge on any atom is -0.481 e. The molecule has 0 radical (unpaired) electrons. The van der Waals surface area contributed by atoms with Crippen molar-refractivity contribution < 1.29 is 22.6 Å². The molecule has 6 aromatic heterocycles. The summed E-state index contributed by atoms with van der Waals surface area (Å²) in [6, 6.07) is 19.2. The highest BCUT2D eigenvalue weighted by Gasteiger charge is 2.23. The van der Waals surface area contributed by atoms with Crippen LogP contribution < -0.4 is 32.1 Å². The predicted molar refractivity (Wildman–Crippen MR) is 229 cm³/mol. The first-order chi connectivity index (χ1) is 27.9. The van der Waals surface area contributed by atoms with Crippen LogP contribution in [0.2, 0.25) is 0 Å². The van der Waals surface area contributed by atoms with Crippen molar-refractivity contribution in [3.05, 3.63) is 114 Å². The van der Waals surface area contributed by atoms with Gasteiger partial charge in [-0.05, 0) is 78.5 Å². The first kappa shape index (κ1) is 40.6. The van der Waals surface area contributed by atoms with Gasteiger partial charge >= 0.3 is 6.61 Å². The van der Waals surface area contributed by atoms with E-state index in [0.29, 0.717) is 77.6 Å². The first-order valence-corrected chi connectivity index (χ1v) is 20.2. The van der Waals surface area contributed by atoms with Crippen LogP contribution in [0.3, 0.4) is 0 Å². The van der Waals surface area contributed by atoms with Crippen molar-refractivity contribution in [3.8, 4) is 34.0 Å². The summed E-state index contributed by atoms with van der Waals surface area (Å²) in [7, 11) is 1.57. The number of benzene rings is 2. The van der Waals surface area contributed by atoms with E-state index in [0.717, 1.165) is 33.0 Å². The number of H-pyrrole nitrogens is 2. The lowest BCUT2D eigenvalue weighted by molar-refractivity contribution is -0.0523. The van der Waals surface area contributed by atoms with Crippen LogP contribution in [0.5, 0.6) is 11.8 Å². The second kappa shape index (κ2) is 16.7. The monoisotopic (exact) mass is 826 g/mol. The quantitative estimate of drug-likeness (QED) is 0.106. The molecule has 0 saturated heterocycles. The number of nitrogens with one attached hydrogen (secondary N) is 2. The highest BCUT2D eigenvalue weighted by Crippen LogP contribution is 2.43. The molecular weight excluding hydrogens is 786 g/mol. The predicted octanol–water partition coefficient (Wildman–Crippen LogP) is 9.43. The number of aromatic nitrogens is 4. The Hall–Kier alpha value is -5.61. The summed E-state index contributed by atoms with van der Waals surface area (Å²) >= 11 is 2.48. The zero-order valence-corrected chi connectivity index (χ0v) is 34.0. The number of ether oxygens (including phenoxy) is 2. The van der Waals surface area contributed by atoms with Gasteiger partial charge in [-0.1, -0.05) is 62.4 Å². The van der Waals surface area contributed by atoms with Gasteiger partial charge in [-0.3, -0.25) is 9.59 Å². The van der Waals surface area contributed by atoms with Gasteiger partial charge in [0.1, 0.15) is 16.1 Å². The van der Waals surface area contributed by atoms with Gasteiger partial charge < -0.3 is 30.9 Å². The van der Waals surface area contributed by atoms with E-state index in [9.17, 15) is 22.8 Å². The van der Waals surface area contributed by atoms with Crippen LogP contribution in [0.4, 0.5) is 13.2 Å². The Balaban J connectivity index is 0.000000177. The molecule has 0 aliphatic heterocycles. The summed E-state index contributed by atoms with van der Waals surface area (Å²) in [5, 5.41) is 4.67. The van der Waals surface area contributed by atoms with E-state index >= 15 is 0 Å². The maximum Gasteiger partial charge on any atom is 0.388 e. The minimum absolute atomic E-state index is 0.163. The number of pyridine rings is 4. The Kier molecular flexibility index (Phi) is 11.7. The van der Waals surface area contributed by atoms with Crippen molar-refractivity contribution in [3.63, 3.8) is 0 Å². The van der Waals surface area contributed by atoms with Crippen LogP contribution in [0, 0.1) is 13.8 Å². The molecule has 0 aliphatic carbocycles.